The number of carbonyl (C=O) groups excluding carboxylic acids is 1. The van der Waals surface area contributed by atoms with Gasteiger partial charge in [-0.2, -0.15) is 0 Å². The summed E-state index contributed by atoms with van der Waals surface area (Å²) in [6.45, 7) is 1.69. The van der Waals surface area contributed by atoms with E-state index in [1.165, 1.54) is 0 Å². The molecule has 0 aromatic carbocycles. The Morgan fingerprint density at radius 3 is 2.48 bits per heavy atom. The maximum atomic E-state index is 12.3. The number of hydrogen-bond donors (Lipinski definition) is 0. The fourth-order valence-electron chi connectivity index (χ4n) is 3.29. The van der Waals surface area contributed by atoms with Gasteiger partial charge < -0.3 is 14.7 Å². The summed E-state index contributed by atoms with van der Waals surface area (Å²) in [6.07, 6.45) is 9.24. The van der Waals surface area contributed by atoms with E-state index in [1.807, 2.05) is 31.1 Å². The molecule has 21 heavy (non-hydrogen) atoms. The van der Waals surface area contributed by atoms with Gasteiger partial charge in [-0.05, 0) is 25.0 Å². The normalized spacial score (nSPS) is 23.9. The molecule has 2 aliphatic heterocycles. The van der Waals surface area contributed by atoms with Crippen LogP contribution in [0.25, 0.3) is 0 Å². The van der Waals surface area contributed by atoms with Crippen molar-refractivity contribution in [1.29, 1.82) is 0 Å². The molecule has 2 unspecified atom stereocenters. The van der Waals surface area contributed by atoms with E-state index in [0.29, 0.717) is 0 Å². The predicted octanol–water partition coefficient (Wildman–Crippen LogP) is 1.40. The van der Waals surface area contributed by atoms with Gasteiger partial charge in [-0.15, -0.1) is 6.42 Å². The molecule has 110 valence electrons. The van der Waals surface area contributed by atoms with Crippen molar-refractivity contribution in [1.82, 2.24) is 14.8 Å². The summed E-state index contributed by atoms with van der Waals surface area (Å²) in [6, 6.07) is 4.58. The predicted molar refractivity (Wildman–Crippen MR) is 82.1 cm³/mol. The first-order chi connectivity index (χ1) is 10.1. The molecule has 2 aliphatic rings. The van der Waals surface area contributed by atoms with Crippen LogP contribution in [0.4, 0.5) is 10.6 Å². The first-order valence-electron chi connectivity index (χ1n) is 7.27. The van der Waals surface area contributed by atoms with Crippen molar-refractivity contribution >= 4 is 11.8 Å². The molecule has 1 aromatic rings. The SMILES string of the molecule is C#Cc1ccc(N2CC3CCC(C2)N3C(=O)N(C)C)nc1. The standard InChI is InChI=1S/C16H20N4O/c1-4-12-5-8-15(17-9-12)19-10-13-6-7-14(11-19)20(13)16(21)18(2)3/h1,5,8-9,13-14H,6-7,10-11H2,2-3H3. The summed E-state index contributed by atoms with van der Waals surface area (Å²) < 4.78 is 0. The Kier molecular flexibility index (Phi) is 3.46. The molecule has 1 aromatic heterocycles. The van der Waals surface area contributed by atoms with E-state index in [1.54, 1.807) is 11.1 Å². The second-order valence-electron chi connectivity index (χ2n) is 5.92. The molecule has 0 radical (unpaired) electrons. The molecule has 2 amide bonds. The Morgan fingerprint density at radius 1 is 1.33 bits per heavy atom. The highest BCUT2D eigenvalue weighted by Gasteiger charge is 2.43. The largest absolute Gasteiger partial charge is 0.352 e. The van der Waals surface area contributed by atoms with E-state index in [2.05, 4.69) is 15.8 Å². The Hall–Kier alpha value is -2.22. The van der Waals surface area contributed by atoms with Crippen LogP contribution >= 0.6 is 0 Å². The molecule has 5 heteroatoms. The zero-order valence-corrected chi connectivity index (χ0v) is 12.5. The highest BCUT2D eigenvalue weighted by molar-refractivity contribution is 5.75. The fraction of sp³-hybridized carbons (Fsp3) is 0.500. The van der Waals surface area contributed by atoms with Gasteiger partial charge in [0.05, 0.1) is 12.1 Å². The molecule has 0 N–H and O–H groups in total. The molecule has 2 fully saturated rings. The molecule has 5 nitrogen and oxygen atoms in total. The minimum absolute atomic E-state index is 0.123. The molecule has 2 bridgehead atoms. The summed E-state index contributed by atoms with van der Waals surface area (Å²) in [5.74, 6) is 3.53. The lowest BCUT2D eigenvalue weighted by Crippen LogP contribution is -2.58. The van der Waals surface area contributed by atoms with Gasteiger partial charge in [0, 0.05) is 38.9 Å². The van der Waals surface area contributed by atoms with Gasteiger partial charge in [0.2, 0.25) is 0 Å². The number of anilines is 1. The van der Waals surface area contributed by atoms with E-state index in [9.17, 15) is 4.79 Å². The molecule has 0 aliphatic carbocycles. The Balaban J connectivity index is 1.76. The van der Waals surface area contributed by atoms with Crippen LogP contribution in [0.1, 0.15) is 18.4 Å². The zero-order chi connectivity index (χ0) is 15.0. The third-order valence-corrected chi connectivity index (χ3v) is 4.32. The van der Waals surface area contributed by atoms with Gasteiger partial charge in [0.15, 0.2) is 0 Å². The van der Waals surface area contributed by atoms with Gasteiger partial charge in [-0.25, -0.2) is 9.78 Å². The van der Waals surface area contributed by atoms with Crippen molar-refractivity contribution in [3.8, 4) is 12.3 Å². The summed E-state index contributed by atoms with van der Waals surface area (Å²) in [5.41, 5.74) is 0.795. The zero-order valence-electron chi connectivity index (χ0n) is 12.5. The lowest BCUT2D eigenvalue weighted by molar-refractivity contribution is 0.138. The van der Waals surface area contributed by atoms with Crippen LogP contribution in [0.5, 0.6) is 0 Å². The van der Waals surface area contributed by atoms with Crippen molar-refractivity contribution in [3.05, 3.63) is 23.9 Å². The highest BCUT2D eigenvalue weighted by Crippen LogP contribution is 2.32. The molecule has 2 saturated heterocycles. The number of amides is 2. The van der Waals surface area contributed by atoms with Gasteiger partial charge in [-0.1, -0.05) is 5.92 Å². The van der Waals surface area contributed by atoms with E-state index in [4.69, 9.17) is 6.42 Å². The maximum Gasteiger partial charge on any atom is 0.320 e. The number of nitrogens with zero attached hydrogens (tertiary/aromatic N) is 4. The van der Waals surface area contributed by atoms with Crippen LogP contribution in [0.15, 0.2) is 18.3 Å². The van der Waals surface area contributed by atoms with Gasteiger partial charge in [-0.3, -0.25) is 0 Å². The fourth-order valence-corrected chi connectivity index (χ4v) is 3.29. The molecule has 0 spiro atoms. The number of piperazine rings is 1. The quantitative estimate of drug-likeness (QED) is 0.732. The monoisotopic (exact) mass is 284 g/mol. The maximum absolute atomic E-state index is 12.3. The van der Waals surface area contributed by atoms with Crippen LogP contribution in [0.2, 0.25) is 0 Å². The number of aromatic nitrogens is 1. The Morgan fingerprint density at radius 2 is 2.00 bits per heavy atom. The minimum Gasteiger partial charge on any atom is -0.352 e. The van der Waals surface area contributed by atoms with E-state index < -0.39 is 0 Å². The van der Waals surface area contributed by atoms with Crippen molar-refractivity contribution in [2.24, 2.45) is 0 Å². The van der Waals surface area contributed by atoms with Crippen molar-refractivity contribution in [3.63, 3.8) is 0 Å². The number of fused-ring (bicyclic) bond motifs is 2. The number of hydrogen-bond acceptors (Lipinski definition) is 3. The molecular formula is C16H20N4O. The Labute approximate surface area is 125 Å². The second kappa shape index (κ2) is 5.28. The lowest BCUT2D eigenvalue weighted by Gasteiger charge is -2.42. The molecule has 3 rings (SSSR count). The number of pyridine rings is 1. The summed E-state index contributed by atoms with van der Waals surface area (Å²) in [5, 5.41) is 0. The van der Waals surface area contributed by atoms with Gasteiger partial charge in [0.1, 0.15) is 5.82 Å². The van der Waals surface area contributed by atoms with Crippen LogP contribution in [0.3, 0.4) is 0 Å². The van der Waals surface area contributed by atoms with Crippen molar-refractivity contribution in [2.75, 3.05) is 32.1 Å². The van der Waals surface area contributed by atoms with E-state index in [-0.39, 0.29) is 18.1 Å². The average molecular weight is 284 g/mol. The highest BCUT2D eigenvalue weighted by atomic mass is 16.2. The number of carbonyl (C=O) groups is 1. The number of rotatable bonds is 1. The number of terminal acetylenes is 1. The van der Waals surface area contributed by atoms with Crippen LogP contribution in [0, 0.1) is 12.3 Å². The molecule has 3 heterocycles. The topological polar surface area (TPSA) is 39.7 Å². The van der Waals surface area contributed by atoms with Crippen LogP contribution < -0.4 is 4.90 Å². The summed E-state index contributed by atoms with van der Waals surface area (Å²) >= 11 is 0. The van der Waals surface area contributed by atoms with Gasteiger partial charge >= 0.3 is 6.03 Å². The van der Waals surface area contributed by atoms with Gasteiger partial charge in [0.25, 0.3) is 0 Å². The van der Waals surface area contributed by atoms with E-state index in [0.717, 1.165) is 37.3 Å². The van der Waals surface area contributed by atoms with Crippen molar-refractivity contribution < 1.29 is 4.79 Å². The summed E-state index contributed by atoms with van der Waals surface area (Å²) in [4.78, 5) is 22.7. The average Bonchev–Trinajstić information content (AvgIpc) is 2.76. The number of urea groups is 1. The first kappa shape index (κ1) is 13.7. The van der Waals surface area contributed by atoms with Crippen LogP contribution in [-0.2, 0) is 0 Å². The minimum atomic E-state index is 0.123. The van der Waals surface area contributed by atoms with Crippen molar-refractivity contribution in [2.45, 2.75) is 24.9 Å². The third kappa shape index (κ3) is 2.42. The van der Waals surface area contributed by atoms with E-state index >= 15 is 0 Å². The lowest BCUT2D eigenvalue weighted by atomic mass is 10.2. The summed E-state index contributed by atoms with van der Waals surface area (Å²) in [7, 11) is 3.63. The third-order valence-electron chi connectivity index (χ3n) is 4.32. The first-order valence-corrected chi connectivity index (χ1v) is 7.27. The second-order valence-corrected chi connectivity index (χ2v) is 5.92. The molecule has 0 saturated carbocycles. The molecular weight excluding hydrogens is 264 g/mol. The van der Waals surface area contributed by atoms with Crippen LogP contribution in [-0.4, -0.2) is 60.1 Å². The smallest absolute Gasteiger partial charge is 0.320 e. The Bertz CT molecular complexity index is 561. The molecule has 2 atom stereocenters.